The number of carboxylic acids is 1. The zero-order valence-electron chi connectivity index (χ0n) is 16.5. The molecule has 5 nitrogen and oxygen atoms in total. The molecule has 0 radical (unpaired) electrons. The van der Waals surface area contributed by atoms with Crippen LogP contribution in [0.4, 0.5) is 0 Å². The molecule has 3 rings (SSSR count). The zero-order chi connectivity index (χ0) is 18.9. The van der Waals surface area contributed by atoms with E-state index >= 15 is 0 Å². The molecule has 150 valence electrons. The molecule has 1 aromatic rings. The first kappa shape index (κ1) is 21.7. The highest BCUT2D eigenvalue weighted by Gasteiger charge is 2.35. The van der Waals surface area contributed by atoms with Crippen LogP contribution in [0.2, 0.25) is 0 Å². The van der Waals surface area contributed by atoms with Crippen molar-refractivity contribution in [2.45, 2.75) is 64.0 Å². The minimum Gasteiger partial charge on any atom is -0.480 e. The van der Waals surface area contributed by atoms with Gasteiger partial charge >= 0.3 is 5.97 Å². The molecule has 2 aliphatic heterocycles. The van der Waals surface area contributed by atoms with Gasteiger partial charge in [0.15, 0.2) is 0 Å². The van der Waals surface area contributed by atoms with Crippen LogP contribution < -0.4 is 0 Å². The molecule has 2 aliphatic rings. The smallest absolute Gasteiger partial charge is 0.320 e. The van der Waals surface area contributed by atoms with E-state index in [9.17, 15) is 14.7 Å². The lowest BCUT2D eigenvalue weighted by Gasteiger charge is -2.29. The molecule has 0 bridgehead atoms. The van der Waals surface area contributed by atoms with Crippen LogP contribution >= 0.6 is 12.4 Å². The van der Waals surface area contributed by atoms with E-state index in [0.29, 0.717) is 13.0 Å². The number of benzene rings is 1. The van der Waals surface area contributed by atoms with Gasteiger partial charge in [-0.05, 0) is 48.8 Å². The van der Waals surface area contributed by atoms with E-state index in [1.807, 2.05) is 9.80 Å². The third-order valence-corrected chi connectivity index (χ3v) is 5.72. The van der Waals surface area contributed by atoms with Gasteiger partial charge in [-0.2, -0.15) is 0 Å². The molecule has 2 atom stereocenters. The molecule has 1 amide bonds. The van der Waals surface area contributed by atoms with E-state index in [0.717, 1.165) is 25.8 Å². The van der Waals surface area contributed by atoms with Gasteiger partial charge in [-0.3, -0.25) is 14.5 Å². The Labute approximate surface area is 168 Å². The standard InChI is InChI=1S/C21H30N2O3.ClH/c1-21(2,3)16-10-8-15(9-11-16)17-6-5-13-23(17)19(24)14-22-12-4-7-18(22)20(25)26;/h8-11,17-18H,4-7,12-14H2,1-3H3,(H,25,26);1H. The van der Waals surface area contributed by atoms with Crippen LogP contribution in [0.25, 0.3) is 0 Å². The largest absolute Gasteiger partial charge is 0.480 e. The molecule has 6 heteroatoms. The summed E-state index contributed by atoms with van der Waals surface area (Å²) >= 11 is 0. The van der Waals surface area contributed by atoms with Gasteiger partial charge in [0.2, 0.25) is 5.91 Å². The number of carbonyl (C=O) groups is 2. The Bertz CT molecular complexity index is 669. The van der Waals surface area contributed by atoms with Gasteiger partial charge in [0, 0.05) is 6.54 Å². The van der Waals surface area contributed by atoms with Crippen LogP contribution in [0.1, 0.15) is 63.6 Å². The van der Waals surface area contributed by atoms with E-state index in [4.69, 9.17) is 0 Å². The lowest BCUT2D eigenvalue weighted by molar-refractivity contribution is -0.143. The quantitative estimate of drug-likeness (QED) is 0.847. The van der Waals surface area contributed by atoms with Crippen LogP contribution in [0.5, 0.6) is 0 Å². The van der Waals surface area contributed by atoms with Crippen molar-refractivity contribution in [1.29, 1.82) is 0 Å². The van der Waals surface area contributed by atoms with Gasteiger partial charge in [-0.1, -0.05) is 45.0 Å². The first-order chi connectivity index (χ1) is 12.3. The molecule has 0 saturated carbocycles. The summed E-state index contributed by atoms with van der Waals surface area (Å²) in [7, 11) is 0. The fourth-order valence-electron chi connectivity index (χ4n) is 4.18. The average molecular weight is 395 g/mol. The van der Waals surface area contributed by atoms with Crippen LogP contribution in [0, 0.1) is 0 Å². The first-order valence-electron chi connectivity index (χ1n) is 9.64. The number of carboxylic acid groups (broad SMARTS) is 1. The Hall–Kier alpha value is -1.59. The predicted molar refractivity (Wildman–Crippen MR) is 108 cm³/mol. The number of carbonyl (C=O) groups excluding carboxylic acids is 1. The number of hydrogen-bond acceptors (Lipinski definition) is 3. The van der Waals surface area contributed by atoms with Gasteiger partial charge < -0.3 is 10.0 Å². The van der Waals surface area contributed by atoms with Crippen molar-refractivity contribution >= 4 is 24.3 Å². The molecule has 0 spiro atoms. The average Bonchev–Trinajstić information content (AvgIpc) is 3.23. The van der Waals surface area contributed by atoms with E-state index < -0.39 is 12.0 Å². The maximum Gasteiger partial charge on any atom is 0.320 e. The van der Waals surface area contributed by atoms with Crippen molar-refractivity contribution in [3.63, 3.8) is 0 Å². The van der Waals surface area contributed by atoms with Gasteiger partial charge in [0.25, 0.3) is 0 Å². The molecular weight excluding hydrogens is 364 g/mol. The van der Waals surface area contributed by atoms with Gasteiger partial charge in [0.05, 0.1) is 12.6 Å². The lowest BCUT2D eigenvalue weighted by atomic mass is 9.86. The Kier molecular flexibility index (Phi) is 6.92. The lowest BCUT2D eigenvalue weighted by Crippen LogP contribution is -2.44. The highest BCUT2D eigenvalue weighted by Crippen LogP contribution is 2.33. The van der Waals surface area contributed by atoms with Crippen LogP contribution in [0.3, 0.4) is 0 Å². The second kappa shape index (κ2) is 8.61. The molecule has 2 heterocycles. The number of amides is 1. The maximum atomic E-state index is 12.9. The Morgan fingerprint density at radius 2 is 1.70 bits per heavy atom. The SMILES string of the molecule is CC(C)(C)c1ccc(C2CCCN2C(=O)CN2CCCC2C(=O)O)cc1.Cl. The predicted octanol–water partition coefficient (Wildman–Crippen LogP) is 3.62. The molecule has 1 aromatic carbocycles. The Morgan fingerprint density at radius 1 is 1.07 bits per heavy atom. The number of aliphatic carboxylic acids is 1. The minimum atomic E-state index is -0.814. The van der Waals surface area contributed by atoms with Crippen molar-refractivity contribution in [3.05, 3.63) is 35.4 Å². The molecule has 27 heavy (non-hydrogen) atoms. The monoisotopic (exact) mass is 394 g/mol. The number of likely N-dealkylation sites (tertiary alicyclic amines) is 2. The molecule has 2 unspecified atom stereocenters. The normalized spacial score (nSPS) is 23.3. The second-order valence-electron chi connectivity index (χ2n) is 8.58. The van der Waals surface area contributed by atoms with Crippen LogP contribution in [0.15, 0.2) is 24.3 Å². The van der Waals surface area contributed by atoms with E-state index in [1.54, 1.807) is 0 Å². The Balaban J connectivity index is 0.00000261. The van der Waals surface area contributed by atoms with E-state index in [-0.39, 0.29) is 36.3 Å². The summed E-state index contributed by atoms with van der Waals surface area (Å²) in [6, 6.07) is 8.22. The summed E-state index contributed by atoms with van der Waals surface area (Å²) in [6.07, 6.45) is 3.46. The summed E-state index contributed by atoms with van der Waals surface area (Å²) in [6.45, 7) is 8.26. The van der Waals surface area contributed by atoms with E-state index in [2.05, 4.69) is 45.0 Å². The first-order valence-corrected chi connectivity index (χ1v) is 9.64. The number of hydrogen-bond donors (Lipinski definition) is 1. The number of nitrogens with zero attached hydrogens (tertiary/aromatic N) is 2. The molecule has 2 fully saturated rings. The Morgan fingerprint density at radius 3 is 2.30 bits per heavy atom. The van der Waals surface area contributed by atoms with Crippen molar-refractivity contribution in [1.82, 2.24) is 9.80 Å². The summed E-state index contributed by atoms with van der Waals surface area (Å²) in [5, 5.41) is 9.32. The molecule has 2 saturated heterocycles. The van der Waals surface area contributed by atoms with Crippen molar-refractivity contribution < 1.29 is 14.7 Å². The van der Waals surface area contributed by atoms with Gasteiger partial charge in [-0.15, -0.1) is 12.4 Å². The van der Waals surface area contributed by atoms with Crippen molar-refractivity contribution in [2.24, 2.45) is 0 Å². The number of rotatable bonds is 4. The highest BCUT2D eigenvalue weighted by atomic mass is 35.5. The summed E-state index contributed by atoms with van der Waals surface area (Å²) in [4.78, 5) is 28.0. The fraction of sp³-hybridized carbons (Fsp3) is 0.619. The third-order valence-electron chi connectivity index (χ3n) is 5.72. The van der Waals surface area contributed by atoms with Crippen LogP contribution in [-0.2, 0) is 15.0 Å². The molecule has 0 aromatic heterocycles. The maximum absolute atomic E-state index is 12.9. The summed E-state index contributed by atoms with van der Waals surface area (Å²) < 4.78 is 0. The summed E-state index contributed by atoms with van der Waals surface area (Å²) in [5.74, 6) is -0.758. The molecular formula is C21H31ClN2O3. The summed E-state index contributed by atoms with van der Waals surface area (Å²) in [5.41, 5.74) is 2.59. The van der Waals surface area contributed by atoms with E-state index in [1.165, 1.54) is 11.1 Å². The molecule has 0 aliphatic carbocycles. The fourth-order valence-corrected chi connectivity index (χ4v) is 4.18. The van der Waals surface area contributed by atoms with Gasteiger partial charge in [-0.25, -0.2) is 0 Å². The van der Waals surface area contributed by atoms with Crippen LogP contribution in [-0.4, -0.2) is 52.5 Å². The minimum absolute atomic E-state index is 0. The third kappa shape index (κ3) is 4.82. The highest BCUT2D eigenvalue weighted by molar-refractivity contribution is 5.85. The second-order valence-corrected chi connectivity index (χ2v) is 8.58. The topological polar surface area (TPSA) is 60.9 Å². The van der Waals surface area contributed by atoms with Crippen molar-refractivity contribution in [2.75, 3.05) is 19.6 Å². The van der Waals surface area contributed by atoms with Gasteiger partial charge in [0.1, 0.15) is 6.04 Å². The van der Waals surface area contributed by atoms with Crippen molar-refractivity contribution in [3.8, 4) is 0 Å². The zero-order valence-corrected chi connectivity index (χ0v) is 17.3. The number of halogens is 1. The molecule has 1 N–H and O–H groups in total.